The van der Waals surface area contributed by atoms with Gasteiger partial charge < -0.3 is 15.0 Å². The predicted octanol–water partition coefficient (Wildman–Crippen LogP) is 2.41. The molecule has 2 heterocycles. The van der Waals surface area contributed by atoms with Crippen LogP contribution in [0.5, 0.6) is 0 Å². The van der Waals surface area contributed by atoms with Crippen LogP contribution in [0.2, 0.25) is 0 Å². The summed E-state index contributed by atoms with van der Waals surface area (Å²) >= 11 is 0. The van der Waals surface area contributed by atoms with Crippen LogP contribution in [0.1, 0.15) is 51.9 Å². The Morgan fingerprint density at radius 3 is 2.83 bits per heavy atom. The van der Waals surface area contributed by atoms with Gasteiger partial charge >= 0.3 is 0 Å². The summed E-state index contributed by atoms with van der Waals surface area (Å²) in [6.07, 6.45) is 9.69. The lowest BCUT2D eigenvalue weighted by atomic mass is 10.1. The lowest BCUT2D eigenvalue weighted by Gasteiger charge is -2.25. The predicted molar refractivity (Wildman–Crippen MR) is 76.0 cm³/mol. The Morgan fingerprint density at radius 1 is 1.22 bits per heavy atom. The van der Waals surface area contributed by atoms with Gasteiger partial charge in [0.25, 0.3) is 0 Å². The van der Waals surface area contributed by atoms with E-state index < -0.39 is 0 Å². The normalized spacial score (nSPS) is 28.3. The molecule has 106 valence electrons. The van der Waals surface area contributed by atoms with Crippen LogP contribution in [0.3, 0.4) is 0 Å². The molecule has 2 atom stereocenters. The summed E-state index contributed by atoms with van der Waals surface area (Å²) in [6, 6.07) is 0.749. The Hall–Kier alpha value is -0.120. The minimum absolute atomic E-state index is 0.568. The van der Waals surface area contributed by atoms with E-state index in [0.29, 0.717) is 6.10 Å². The number of nitrogens with zero attached hydrogens (tertiary/aromatic N) is 1. The molecule has 1 N–H and O–H groups in total. The summed E-state index contributed by atoms with van der Waals surface area (Å²) in [5.74, 6) is 0. The van der Waals surface area contributed by atoms with Crippen molar-refractivity contribution in [2.75, 3.05) is 32.8 Å². The van der Waals surface area contributed by atoms with Gasteiger partial charge in [0, 0.05) is 19.2 Å². The molecular formula is C15H30N2O. The topological polar surface area (TPSA) is 24.5 Å². The molecule has 3 nitrogen and oxygen atoms in total. The van der Waals surface area contributed by atoms with Gasteiger partial charge in [-0.25, -0.2) is 0 Å². The first-order valence-electron chi connectivity index (χ1n) is 7.96. The Bertz CT molecular complexity index is 211. The summed E-state index contributed by atoms with van der Waals surface area (Å²) in [4.78, 5) is 2.65. The molecule has 0 aliphatic carbocycles. The van der Waals surface area contributed by atoms with Crippen LogP contribution in [0.25, 0.3) is 0 Å². The zero-order chi connectivity index (χ0) is 12.6. The van der Waals surface area contributed by atoms with Crippen molar-refractivity contribution >= 4 is 0 Å². The van der Waals surface area contributed by atoms with E-state index in [9.17, 15) is 0 Å². The summed E-state index contributed by atoms with van der Waals surface area (Å²) in [7, 11) is 0. The van der Waals surface area contributed by atoms with Gasteiger partial charge in [0.1, 0.15) is 0 Å². The molecule has 0 aromatic heterocycles. The Kier molecular flexibility index (Phi) is 6.46. The minimum atomic E-state index is 0.568. The standard InChI is InChI=1S/C15H30N2O/c1-2-10-17(13-14-6-3-9-16-14)11-4-7-15-8-5-12-18-15/h14-16H,2-13H2,1H3. The van der Waals surface area contributed by atoms with Gasteiger partial charge in [-0.1, -0.05) is 6.92 Å². The molecule has 2 rings (SSSR count). The zero-order valence-electron chi connectivity index (χ0n) is 12.0. The molecule has 0 aromatic carbocycles. The van der Waals surface area contributed by atoms with Crippen molar-refractivity contribution in [1.82, 2.24) is 10.2 Å². The molecule has 0 spiro atoms. The molecule has 2 fully saturated rings. The third kappa shape index (κ3) is 4.87. The van der Waals surface area contributed by atoms with Crippen molar-refractivity contribution in [3.8, 4) is 0 Å². The van der Waals surface area contributed by atoms with Crippen LogP contribution in [-0.2, 0) is 4.74 Å². The molecule has 0 radical (unpaired) electrons. The van der Waals surface area contributed by atoms with Crippen LogP contribution in [0, 0.1) is 0 Å². The van der Waals surface area contributed by atoms with Crippen molar-refractivity contribution in [2.45, 2.75) is 64.0 Å². The summed E-state index contributed by atoms with van der Waals surface area (Å²) in [6.45, 7) is 8.26. The molecule has 2 saturated heterocycles. The highest BCUT2D eigenvalue weighted by atomic mass is 16.5. The van der Waals surface area contributed by atoms with E-state index in [1.807, 2.05) is 0 Å². The van der Waals surface area contributed by atoms with Crippen molar-refractivity contribution in [2.24, 2.45) is 0 Å². The van der Waals surface area contributed by atoms with Crippen LogP contribution in [0.15, 0.2) is 0 Å². The molecule has 0 aromatic rings. The third-order valence-electron chi connectivity index (χ3n) is 4.21. The van der Waals surface area contributed by atoms with Crippen LogP contribution < -0.4 is 5.32 Å². The second-order valence-electron chi connectivity index (χ2n) is 5.87. The average molecular weight is 254 g/mol. The van der Waals surface area contributed by atoms with Gasteiger partial charge in [-0.2, -0.15) is 0 Å². The first-order valence-corrected chi connectivity index (χ1v) is 7.96. The third-order valence-corrected chi connectivity index (χ3v) is 4.21. The van der Waals surface area contributed by atoms with Crippen molar-refractivity contribution in [3.05, 3.63) is 0 Å². The Morgan fingerprint density at radius 2 is 2.17 bits per heavy atom. The highest BCUT2D eigenvalue weighted by Gasteiger charge is 2.18. The quantitative estimate of drug-likeness (QED) is 0.720. The highest BCUT2D eigenvalue weighted by Crippen LogP contribution is 2.17. The van der Waals surface area contributed by atoms with Gasteiger partial charge in [-0.15, -0.1) is 0 Å². The molecule has 0 bridgehead atoms. The fourth-order valence-electron chi connectivity index (χ4n) is 3.25. The SMILES string of the molecule is CCCN(CCCC1CCCO1)CC1CCCN1. The van der Waals surface area contributed by atoms with Gasteiger partial charge in [-0.05, 0) is 64.6 Å². The first kappa shape index (κ1) is 14.3. The fourth-order valence-corrected chi connectivity index (χ4v) is 3.25. The second-order valence-corrected chi connectivity index (χ2v) is 5.87. The van der Waals surface area contributed by atoms with Crippen LogP contribution >= 0.6 is 0 Å². The fraction of sp³-hybridized carbons (Fsp3) is 1.00. The Balaban J connectivity index is 1.61. The van der Waals surface area contributed by atoms with Gasteiger partial charge in [0.2, 0.25) is 0 Å². The molecule has 18 heavy (non-hydrogen) atoms. The smallest absolute Gasteiger partial charge is 0.0576 e. The number of rotatable bonds is 8. The first-order chi connectivity index (χ1) is 8.88. The maximum absolute atomic E-state index is 5.70. The molecule has 0 amide bonds. The van der Waals surface area contributed by atoms with E-state index in [0.717, 1.165) is 12.6 Å². The van der Waals surface area contributed by atoms with E-state index >= 15 is 0 Å². The number of hydrogen-bond donors (Lipinski definition) is 1. The lowest BCUT2D eigenvalue weighted by molar-refractivity contribution is 0.0982. The average Bonchev–Trinajstić information content (AvgIpc) is 3.02. The Labute approximate surface area is 112 Å². The molecule has 2 unspecified atom stereocenters. The largest absolute Gasteiger partial charge is 0.378 e. The molecule has 2 aliphatic rings. The lowest BCUT2D eigenvalue weighted by Crippen LogP contribution is -2.38. The van der Waals surface area contributed by atoms with Crippen LogP contribution in [-0.4, -0.2) is 49.8 Å². The van der Waals surface area contributed by atoms with E-state index in [1.54, 1.807) is 0 Å². The highest BCUT2D eigenvalue weighted by molar-refractivity contribution is 4.78. The van der Waals surface area contributed by atoms with Crippen molar-refractivity contribution < 1.29 is 4.74 Å². The van der Waals surface area contributed by atoms with Crippen molar-refractivity contribution in [1.29, 1.82) is 0 Å². The van der Waals surface area contributed by atoms with E-state index in [4.69, 9.17) is 4.74 Å². The van der Waals surface area contributed by atoms with Gasteiger partial charge in [-0.3, -0.25) is 0 Å². The van der Waals surface area contributed by atoms with E-state index in [2.05, 4.69) is 17.1 Å². The summed E-state index contributed by atoms with van der Waals surface area (Å²) in [5.41, 5.74) is 0. The number of hydrogen-bond acceptors (Lipinski definition) is 3. The minimum Gasteiger partial charge on any atom is -0.378 e. The van der Waals surface area contributed by atoms with Crippen molar-refractivity contribution in [3.63, 3.8) is 0 Å². The molecular weight excluding hydrogens is 224 g/mol. The molecule has 3 heteroatoms. The molecule has 0 saturated carbocycles. The number of ether oxygens (including phenoxy) is 1. The van der Waals surface area contributed by atoms with Crippen LogP contribution in [0.4, 0.5) is 0 Å². The summed E-state index contributed by atoms with van der Waals surface area (Å²) in [5, 5.41) is 3.61. The second kappa shape index (κ2) is 8.13. The molecule has 2 aliphatic heterocycles. The van der Waals surface area contributed by atoms with E-state index in [-0.39, 0.29) is 0 Å². The monoisotopic (exact) mass is 254 g/mol. The van der Waals surface area contributed by atoms with Gasteiger partial charge in [0.15, 0.2) is 0 Å². The maximum atomic E-state index is 5.70. The zero-order valence-corrected chi connectivity index (χ0v) is 12.0. The summed E-state index contributed by atoms with van der Waals surface area (Å²) < 4.78 is 5.70. The number of nitrogens with one attached hydrogen (secondary N) is 1. The van der Waals surface area contributed by atoms with Gasteiger partial charge in [0.05, 0.1) is 6.10 Å². The van der Waals surface area contributed by atoms with E-state index in [1.165, 1.54) is 71.1 Å². The maximum Gasteiger partial charge on any atom is 0.0576 e.